The zero-order chi connectivity index (χ0) is 20.8. The van der Waals surface area contributed by atoms with E-state index in [2.05, 4.69) is 13.8 Å². The van der Waals surface area contributed by atoms with Crippen molar-refractivity contribution in [2.24, 2.45) is 46.3 Å². The van der Waals surface area contributed by atoms with E-state index >= 15 is 0 Å². The average Bonchev–Trinajstić information content (AvgIpc) is 3.31. The summed E-state index contributed by atoms with van der Waals surface area (Å²) >= 11 is 0. The molecule has 1 N–H and O–H groups in total. The number of alkyl halides is 3. The van der Waals surface area contributed by atoms with E-state index in [1.165, 1.54) is 32.1 Å². The molecule has 5 aliphatic rings. The van der Waals surface area contributed by atoms with Gasteiger partial charge in [0.25, 0.3) is 0 Å². The van der Waals surface area contributed by atoms with Gasteiger partial charge in [0, 0.05) is 0 Å². The quantitative estimate of drug-likeness (QED) is 0.564. The molecule has 10 atom stereocenters. The largest absolute Gasteiger partial charge is 0.414 e. The molecule has 5 heteroatoms. The molecule has 1 unspecified atom stereocenters. The number of hydrogen-bond acceptors (Lipinski definition) is 2. The molecule has 0 aromatic heterocycles. The molecule has 0 aromatic rings. The lowest BCUT2D eigenvalue weighted by atomic mass is 9.44. The third kappa shape index (κ3) is 2.96. The van der Waals surface area contributed by atoms with E-state index in [1.807, 2.05) is 0 Å². The minimum atomic E-state index is -4.51. The molecule has 4 saturated carbocycles. The van der Waals surface area contributed by atoms with Crippen LogP contribution in [-0.4, -0.2) is 29.6 Å². The molecule has 0 radical (unpaired) electrons. The van der Waals surface area contributed by atoms with Gasteiger partial charge in [0.15, 0.2) is 6.10 Å². The zero-order valence-electron chi connectivity index (χ0n) is 18.1. The minimum Gasteiger partial charge on any atom is -0.383 e. The second-order valence-corrected chi connectivity index (χ2v) is 11.9. The summed E-state index contributed by atoms with van der Waals surface area (Å²) < 4.78 is 45.5. The smallest absolute Gasteiger partial charge is 0.383 e. The van der Waals surface area contributed by atoms with Crippen LogP contribution in [0.4, 0.5) is 13.2 Å². The molecule has 1 spiro atoms. The van der Waals surface area contributed by atoms with Crippen molar-refractivity contribution in [3.8, 4) is 0 Å². The highest BCUT2D eigenvalue weighted by Crippen LogP contribution is 2.69. The highest BCUT2D eigenvalue weighted by molar-refractivity contribution is 5.13. The molecule has 166 valence electrons. The van der Waals surface area contributed by atoms with Crippen LogP contribution < -0.4 is 0 Å². The van der Waals surface area contributed by atoms with Crippen LogP contribution in [0.25, 0.3) is 0 Å². The lowest BCUT2D eigenvalue weighted by Gasteiger charge is -2.61. The van der Waals surface area contributed by atoms with Crippen molar-refractivity contribution in [3.63, 3.8) is 0 Å². The van der Waals surface area contributed by atoms with Crippen molar-refractivity contribution < 1.29 is 23.0 Å². The molecule has 5 fully saturated rings. The number of aliphatic hydroxyl groups excluding tert-OH is 1. The second kappa shape index (κ2) is 6.37. The lowest BCUT2D eigenvalue weighted by molar-refractivity contribution is -0.228. The van der Waals surface area contributed by atoms with Gasteiger partial charge in [0.05, 0.1) is 12.2 Å². The summed E-state index contributed by atoms with van der Waals surface area (Å²) in [5, 5.41) is 9.97. The Morgan fingerprint density at radius 1 is 0.931 bits per heavy atom. The highest BCUT2D eigenvalue weighted by atomic mass is 19.4. The van der Waals surface area contributed by atoms with Crippen molar-refractivity contribution in [2.75, 3.05) is 6.61 Å². The van der Waals surface area contributed by atoms with Crippen LogP contribution in [0.15, 0.2) is 0 Å². The topological polar surface area (TPSA) is 32.8 Å². The van der Waals surface area contributed by atoms with E-state index in [-0.39, 0.29) is 16.9 Å². The zero-order valence-corrected chi connectivity index (χ0v) is 18.1. The second-order valence-electron chi connectivity index (χ2n) is 11.9. The molecule has 0 bridgehead atoms. The van der Waals surface area contributed by atoms with Crippen molar-refractivity contribution in [1.29, 1.82) is 0 Å². The summed E-state index contributed by atoms with van der Waals surface area (Å²) in [6.07, 6.45) is 3.56. The molecule has 1 aliphatic heterocycles. The van der Waals surface area contributed by atoms with E-state index in [1.54, 1.807) is 6.92 Å². The SMILES string of the molecule is C[C@@H]([C@H]1CC[C@H]2[C@@H]3CC[C@@H]4CC5(CC[C@]4(C)[C@H]3CC[C@]12C)CO5)[C@H](O)C(F)(F)F. The molecule has 4 aliphatic carbocycles. The molecule has 1 heterocycles. The molecule has 0 amide bonds. The predicted octanol–water partition coefficient (Wildman–Crippen LogP) is 5.97. The summed E-state index contributed by atoms with van der Waals surface area (Å²) in [7, 11) is 0. The fourth-order valence-corrected chi connectivity index (χ4v) is 9.09. The summed E-state index contributed by atoms with van der Waals surface area (Å²) in [6, 6.07) is 0. The Bertz CT molecular complexity index is 659. The first kappa shape index (κ1) is 20.6. The van der Waals surface area contributed by atoms with Crippen LogP contribution in [-0.2, 0) is 4.74 Å². The monoisotopic (exact) mass is 414 g/mol. The average molecular weight is 415 g/mol. The molecule has 0 aromatic carbocycles. The molecule has 1 saturated heterocycles. The number of aliphatic hydroxyl groups is 1. The first-order valence-corrected chi connectivity index (χ1v) is 11.9. The normalized spacial score (nSPS) is 53.7. The number of hydrogen-bond donors (Lipinski definition) is 1. The van der Waals surface area contributed by atoms with E-state index < -0.39 is 18.2 Å². The maximum Gasteiger partial charge on any atom is 0.414 e. The Hall–Kier alpha value is -0.290. The first-order chi connectivity index (χ1) is 13.5. The van der Waals surface area contributed by atoms with Gasteiger partial charge in [-0.2, -0.15) is 13.2 Å². The molecule has 2 nitrogen and oxygen atoms in total. The molecule has 29 heavy (non-hydrogen) atoms. The van der Waals surface area contributed by atoms with E-state index in [9.17, 15) is 18.3 Å². The van der Waals surface area contributed by atoms with Gasteiger partial charge in [-0.05, 0) is 104 Å². The molecular formula is C24H37F3O2. The molecular weight excluding hydrogens is 377 g/mol. The Labute approximate surface area is 173 Å². The predicted molar refractivity (Wildman–Crippen MR) is 105 cm³/mol. The van der Waals surface area contributed by atoms with Crippen LogP contribution >= 0.6 is 0 Å². The summed E-state index contributed by atoms with van der Waals surface area (Å²) in [5.41, 5.74) is 0.546. The minimum absolute atomic E-state index is 0.0231. The molecule has 5 rings (SSSR count). The van der Waals surface area contributed by atoms with Gasteiger partial charge < -0.3 is 9.84 Å². The van der Waals surface area contributed by atoms with Crippen LogP contribution in [0.3, 0.4) is 0 Å². The van der Waals surface area contributed by atoms with E-state index in [0.29, 0.717) is 17.3 Å². The van der Waals surface area contributed by atoms with Crippen LogP contribution in [0, 0.1) is 46.3 Å². The number of epoxide rings is 1. The maximum absolute atomic E-state index is 13.2. The van der Waals surface area contributed by atoms with Gasteiger partial charge in [-0.3, -0.25) is 0 Å². The standard InChI is InChI=1S/C24H37F3O2/c1-14(20(28)24(25,26)27)17-6-7-18-16-5-4-15-12-23(13-29-23)11-10-21(15,2)19(16)8-9-22(17,18)3/h14-20,28H,4-13H2,1-3H3/t14-,15+,16-,17+,18-,19-,20-,21-,22+,23?/m0/s1. The van der Waals surface area contributed by atoms with Crippen molar-refractivity contribution in [3.05, 3.63) is 0 Å². The fraction of sp³-hybridized carbons (Fsp3) is 1.00. The Morgan fingerprint density at radius 2 is 1.62 bits per heavy atom. The summed E-state index contributed by atoms with van der Waals surface area (Å²) in [5.74, 6) is 1.93. The van der Waals surface area contributed by atoms with Gasteiger partial charge >= 0.3 is 6.18 Å². The van der Waals surface area contributed by atoms with Crippen LogP contribution in [0.5, 0.6) is 0 Å². The van der Waals surface area contributed by atoms with Gasteiger partial charge in [0.1, 0.15) is 0 Å². The van der Waals surface area contributed by atoms with Crippen LogP contribution in [0.1, 0.15) is 78.6 Å². The van der Waals surface area contributed by atoms with Crippen molar-refractivity contribution in [1.82, 2.24) is 0 Å². The first-order valence-electron chi connectivity index (χ1n) is 11.9. The third-order valence-electron chi connectivity index (χ3n) is 10.9. The fourth-order valence-electron chi connectivity index (χ4n) is 9.09. The summed E-state index contributed by atoms with van der Waals surface area (Å²) in [4.78, 5) is 0. The number of fused-ring (bicyclic) bond motifs is 5. The lowest BCUT2D eigenvalue weighted by Crippen LogP contribution is -2.55. The summed E-state index contributed by atoms with van der Waals surface area (Å²) in [6.45, 7) is 7.37. The number of rotatable bonds is 2. The van der Waals surface area contributed by atoms with Crippen molar-refractivity contribution >= 4 is 0 Å². The Morgan fingerprint density at radius 3 is 2.28 bits per heavy atom. The van der Waals surface area contributed by atoms with Gasteiger partial charge in [-0.25, -0.2) is 0 Å². The van der Waals surface area contributed by atoms with E-state index in [4.69, 9.17) is 4.74 Å². The third-order valence-corrected chi connectivity index (χ3v) is 10.9. The van der Waals surface area contributed by atoms with E-state index in [0.717, 1.165) is 44.1 Å². The van der Waals surface area contributed by atoms with Crippen molar-refractivity contribution in [2.45, 2.75) is 96.4 Å². The maximum atomic E-state index is 13.2. The van der Waals surface area contributed by atoms with Gasteiger partial charge in [0.2, 0.25) is 0 Å². The van der Waals surface area contributed by atoms with Crippen LogP contribution in [0.2, 0.25) is 0 Å². The van der Waals surface area contributed by atoms with Gasteiger partial charge in [-0.1, -0.05) is 20.8 Å². The highest BCUT2D eigenvalue weighted by Gasteiger charge is 2.64. The number of halogens is 3. The number of ether oxygens (including phenoxy) is 1. The van der Waals surface area contributed by atoms with Gasteiger partial charge in [-0.15, -0.1) is 0 Å². The Kier molecular flexibility index (Phi) is 4.53. The Balaban J connectivity index is 1.36.